The van der Waals surface area contributed by atoms with Crippen LogP contribution in [0.5, 0.6) is 5.75 Å². The van der Waals surface area contributed by atoms with Crippen molar-refractivity contribution in [2.24, 2.45) is 0 Å². The molecule has 0 spiro atoms. The van der Waals surface area contributed by atoms with Crippen molar-refractivity contribution < 1.29 is 9.53 Å². The molecule has 3 aromatic rings. The van der Waals surface area contributed by atoms with Crippen molar-refractivity contribution in [3.8, 4) is 5.75 Å². The summed E-state index contributed by atoms with van der Waals surface area (Å²) in [7, 11) is 0. The van der Waals surface area contributed by atoms with Crippen LogP contribution in [-0.2, 0) is 19.4 Å². The van der Waals surface area contributed by atoms with Gasteiger partial charge in [0, 0.05) is 16.3 Å². The van der Waals surface area contributed by atoms with Gasteiger partial charge >= 0.3 is 0 Å². The molecule has 1 aliphatic carbocycles. The molecule has 1 heterocycles. The molecule has 1 N–H and O–H groups in total. The molecule has 132 valence electrons. The number of ether oxygens (including phenoxy) is 1. The normalized spacial score (nSPS) is 12.7. The quantitative estimate of drug-likeness (QED) is 0.611. The lowest BCUT2D eigenvalue weighted by Gasteiger charge is -2.07. The fourth-order valence-electron chi connectivity index (χ4n) is 3.13. The third-order valence-corrected chi connectivity index (χ3v) is 5.65. The fourth-order valence-corrected chi connectivity index (χ4v) is 4.12. The Balaban J connectivity index is 1.37. The van der Waals surface area contributed by atoms with Crippen LogP contribution in [0.4, 0.5) is 5.69 Å². The number of hydrogen-bond donors (Lipinski definition) is 1. The van der Waals surface area contributed by atoms with E-state index in [1.165, 1.54) is 35.3 Å². The zero-order chi connectivity index (χ0) is 17.9. The summed E-state index contributed by atoms with van der Waals surface area (Å²) in [5.41, 5.74) is 4.51. The van der Waals surface area contributed by atoms with Gasteiger partial charge in [0.1, 0.15) is 12.4 Å². The molecule has 1 amide bonds. The number of nitrogens with one attached hydrogen (secondary N) is 1. The maximum Gasteiger partial charge on any atom is 0.265 e. The van der Waals surface area contributed by atoms with Gasteiger partial charge in [-0.3, -0.25) is 4.79 Å². The fraction of sp³-hybridized carbons (Fsp3) is 0.190. The largest absolute Gasteiger partial charge is 0.489 e. The first-order chi connectivity index (χ1) is 12.7. The van der Waals surface area contributed by atoms with Crippen LogP contribution in [0, 0.1) is 0 Å². The maximum absolute atomic E-state index is 12.4. The van der Waals surface area contributed by atoms with Gasteiger partial charge in [-0.15, -0.1) is 11.3 Å². The highest BCUT2D eigenvalue weighted by molar-refractivity contribution is 7.12. The Kier molecular flexibility index (Phi) is 4.96. The topological polar surface area (TPSA) is 38.3 Å². The Morgan fingerprint density at radius 2 is 2.00 bits per heavy atom. The number of halogens is 1. The van der Waals surface area contributed by atoms with E-state index in [1.807, 2.05) is 29.6 Å². The molecule has 0 saturated heterocycles. The Morgan fingerprint density at radius 1 is 1.12 bits per heavy atom. The minimum Gasteiger partial charge on any atom is -0.489 e. The molecule has 0 aliphatic heterocycles. The molecule has 4 rings (SSSR count). The standard InChI is InChI=1S/C21H18ClNO2S/c22-17-5-2-6-18(11-17)23-21(24)20-9-14(13-26-20)12-25-19-8-7-15-3-1-4-16(15)10-19/h2,5-11,13H,1,3-4,12H2,(H,23,24). The van der Waals surface area contributed by atoms with Crippen LogP contribution in [0.1, 0.15) is 32.8 Å². The number of fused-ring (bicyclic) bond motifs is 1. The first-order valence-corrected chi connectivity index (χ1v) is 9.82. The van der Waals surface area contributed by atoms with Crippen LogP contribution in [0.3, 0.4) is 0 Å². The van der Waals surface area contributed by atoms with Crippen molar-refractivity contribution in [1.82, 2.24) is 0 Å². The summed E-state index contributed by atoms with van der Waals surface area (Å²) in [6, 6.07) is 15.3. The zero-order valence-electron chi connectivity index (χ0n) is 14.1. The molecule has 1 aliphatic rings. The zero-order valence-corrected chi connectivity index (χ0v) is 15.7. The maximum atomic E-state index is 12.4. The van der Waals surface area contributed by atoms with E-state index in [-0.39, 0.29) is 5.91 Å². The van der Waals surface area contributed by atoms with Crippen molar-refractivity contribution in [2.45, 2.75) is 25.9 Å². The van der Waals surface area contributed by atoms with E-state index in [1.54, 1.807) is 12.1 Å². The van der Waals surface area contributed by atoms with E-state index < -0.39 is 0 Å². The molecule has 0 bridgehead atoms. The SMILES string of the molecule is O=C(Nc1cccc(Cl)c1)c1cc(COc2ccc3c(c2)CCC3)cs1. The summed E-state index contributed by atoms with van der Waals surface area (Å²) in [5, 5.41) is 5.41. The first kappa shape index (κ1) is 17.1. The third-order valence-electron chi connectivity index (χ3n) is 4.44. The van der Waals surface area contributed by atoms with Crippen molar-refractivity contribution >= 4 is 34.5 Å². The summed E-state index contributed by atoms with van der Waals surface area (Å²) >= 11 is 7.36. The Bertz CT molecular complexity index is 951. The molecule has 1 aromatic heterocycles. The molecule has 0 atom stereocenters. The number of rotatable bonds is 5. The summed E-state index contributed by atoms with van der Waals surface area (Å²) in [6.07, 6.45) is 3.54. The van der Waals surface area contributed by atoms with E-state index in [0.29, 0.717) is 22.2 Å². The van der Waals surface area contributed by atoms with Gasteiger partial charge in [0.05, 0.1) is 4.88 Å². The lowest BCUT2D eigenvalue weighted by molar-refractivity contribution is 0.103. The lowest BCUT2D eigenvalue weighted by atomic mass is 10.1. The van der Waals surface area contributed by atoms with Crippen molar-refractivity contribution in [2.75, 3.05) is 5.32 Å². The van der Waals surface area contributed by atoms with Crippen molar-refractivity contribution in [3.63, 3.8) is 0 Å². The molecule has 26 heavy (non-hydrogen) atoms. The number of carbonyl (C=O) groups excluding carboxylic acids is 1. The van der Waals surface area contributed by atoms with Crippen molar-refractivity contribution in [1.29, 1.82) is 0 Å². The van der Waals surface area contributed by atoms with Gasteiger partial charge < -0.3 is 10.1 Å². The van der Waals surface area contributed by atoms with Crippen LogP contribution >= 0.6 is 22.9 Å². The number of aryl methyl sites for hydroxylation is 2. The number of hydrogen-bond acceptors (Lipinski definition) is 3. The summed E-state index contributed by atoms with van der Waals surface area (Å²) in [4.78, 5) is 13.0. The number of benzene rings is 2. The summed E-state index contributed by atoms with van der Waals surface area (Å²) < 4.78 is 5.90. The number of carbonyl (C=O) groups is 1. The average molecular weight is 384 g/mol. The second-order valence-corrected chi connectivity index (χ2v) is 7.70. The van der Waals surface area contributed by atoms with Crippen LogP contribution < -0.4 is 10.1 Å². The van der Waals surface area contributed by atoms with E-state index >= 15 is 0 Å². The average Bonchev–Trinajstić information content (AvgIpc) is 3.29. The van der Waals surface area contributed by atoms with Crippen LogP contribution in [-0.4, -0.2) is 5.91 Å². The van der Waals surface area contributed by atoms with E-state index in [0.717, 1.165) is 17.7 Å². The number of amides is 1. The minimum absolute atomic E-state index is 0.138. The van der Waals surface area contributed by atoms with Gasteiger partial charge in [0.15, 0.2) is 0 Å². The molecule has 0 fully saturated rings. The second-order valence-electron chi connectivity index (χ2n) is 6.36. The van der Waals surface area contributed by atoms with Crippen LogP contribution in [0.15, 0.2) is 53.9 Å². The molecule has 3 nitrogen and oxygen atoms in total. The molecular weight excluding hydrogens is 366 g/mol. The highest BCUT2D eigenvalue weighted by Gasteiger charge is 2.13. The van der Waals surface area contributed by atoms with E-state index in [4.69, 9.17) is 16.3 Å². The first-order valence-electron chi connectivity index (χ1n) is 8.56. The Hall–Kier alpha value is -2.30. The monoisotopic (exact) mass is 383 g/mol. The van der Waals surface area contributed by atoms with Gasteiger partial charge in [-0.2, -0.15) is 0 Å². The highest BCUT2D eigenvalue weighted by atomic mass is 35.5. The number of anilines is 1. The van der Waals surface area contributed by atoms with Gasteiger partial charge in [-0.25, -0.2) is 0 Å². The molecule has 0 saturated carbocycles. The third kappa shape index (κ3) is 3.92. The second kappa shape index (κ2) is 7.52. The Morgan fingerprint density at radius 3 is 2.88 bits per heavy atom. The van der Waals surface area contributed by atoms with Gasteiger partial charge in [-0.05, 0) is 72.2 Å². The van der Waals surface area contributed by atoms with Crippen molar-refractivity contribution in [3.05, 3.63) is 80.5 Å². The van der Waals surface area contributed by atoms with Crippen LogP contribution in [0.2, 0.25) is 5.02 Å². The lowest BCUT2D eigenvalue weighted by Crippen LogP contribution is -2.10. The van der Waals surface area contributed by atoms with Gasteiger partial charge in [-0.1, -0.05) is 23.7 Å². The molecular formula is C21H18ClNO2S. The van der Waals surface area contributed by atoms with Gasteiger partial charge in [0.25, 0.3) is 5.91 Å². The predicted molar refractivity (Wildman–Crippen MR) is 107 cm³/mol. The Labute approximate surface area is 161 Å². The minimum atomic E-state index is -0.138. The highest BCUT2D eigenvalue weighted by Crippen LogP contribution is 2.27. The molecule has 2 aromatic carbocycles. The summed E-state index contributed by atoms with van der Waals surface area (Å²) in [6.45, 7) is 0.458. The molecule has 0 radical (unpaired) electrons. The molecule has 5 heteroatoms. The van der Waals surface area contributed by atoms with E-state index in [2.05, 4.69) is 17.4 Å². The smallest absolute Gasteiger partial charge is 0.265 e. The number of thiophene rings is 1. The van der Waals surface area contributed by atoms with Crippen LogP contribution in [0.25, 0.3) is 0 Å². The molecule has 0 unspecified atom stereocenters. The van der Waals surface area contributed by atoms with Gasteiger partial charge in [0.2, 0.25) is 0 Å². The van der Waals surface area contributed by atoms with E-state index in [9.17, 15) is 4.79 Å². The predicted octanol–water partition coefficient (Wildman–Crippen LogP) is 5.72. The summed E-state index contributed by atoms with van der Waals surface area (Å²) in [5.74, 6) is 0.753.